The van der Waals surface area contributed by atoms with Gasteiger partial charge in [0.25, 0.3) is 5.56 Å². The molecule has 0 unspecified atom stereocenters. The molecule has 0 aliphatic rings. The summed E-state index contributed by atoms with van der Waals surface area (Å²) in [6.07, 6.45) is 2.08. The molecule has 170 valence electrons. The summed E-state index contributed by atoms with van der Waals surface area (Å²) in [5, 5.41) is 2.77. The second-order valence-corrected chi connectivity index (χ2v) is 7.78. The van der Waals surface area contributed by atoms with Crippen LogP contribution in [-0.2, 0) is 38.5 Å². The van der Waals surface area contributed by atoms with Gasteiger partial charge in [-0.25, -0.2) is 14.3 Å². The van der Waals surface area contributed by atoms with E-state index < -0.39 is 17.2 Å². The molecule has 2 aromatic heterocycles. The van der Waals surface area contributed by atoms with Crippen LogP contribution in [0.1, 0.15) is 11.1 Å². The summed E-state index contributed by atoms with van der Waals surface area (Å²) >= 11 is 0. The summed E-state index contributed by atoms with van der Waals surface area (Å²) in [6, 6.07) is 17.6. The molecule has 1 amide bonds. The van der Waals surface area contributed by atoms with E-state index in [9.17, 15) is 14.4 Å². The molecule has 0 aliphatic heterocycles. The Hall–Kier alpha value is -4.14. The second-order valence-electron chi connectivity index (χ2n) is 7.78. The Labute approximate surface area is 189 Å². The molecule has 9 heteroatoms. The average molecular weight is 447 g/mol. The van der Waals surface area contributed by atoms with Gasteiger partial charge in [-0.05, 0) is 29.7 Å². The molecule has 2 heterocycles. The molecule has 9 nitrogen and oxygen atoms in total. The zero-order valence-corrected chi connectivity index (χ0v) is 18.5. The Morgan fingerprint density at radius 3 is 2.45 bits per heavy atom. The second kappa shape index (κ2) is 9.56. The molecule has 1 N–H and O–H groups in total. The van der Waals surface area contributed by atoms with Crippen molar-refractivity contribution in [3.05, 3.63) is 92.9 Å². The zero-order valence-electron chi connectivity index (χ0n) is 18.5. The number of nitrogens with zero attached hydrogens (tertiary/aromatic N) is 4. The van der Waals surface area contributed by atoms with Crippen molar-refractivity contribution in [1.82, 2.24) is 24.0 Å². The fraction of sp³-hybridized carbons (Fsp3) is 0.250. The summed E-state index contributed by atoms with van der Waals surface area (Å²) in [6.45, 7) is 0.532. The number of ether oxygens (including phenoxy) is 1. The van der Waals surface area contributed by atoms with Crippen molar-refractivity contribution < 1.29 is 9.53 Å². The summed E-state index contributed by atoms with van der Waals surface area (Å²) in [5.74, 6) is 0.367. The summed E-state index contributed by atoms with van der Waals surface area (Å²) in [7, 11) is 3.20. The first-order valence-electron chi connectivity index (χ1n) is 10.6. The van der Waals surface area contributed by atoms with Crippen molar-refractivity contribution in [1.29, 1.82) is 0 Å². The fourth-order valence-electron chi connectivity index (χ4n) is 3.57. The van der Waals surface area contributed by atoms with Crippen LogP contribution >= 0.6 is 0 Å². The van der Waals surface area contributed by atoms with E-state index in [0.29, 0.717) is 25.2 Å². The van der Waals surface area contributed by atoms with E-state index >= 15 is 0 Å². The van der Waals surface area contributed by atoms with Crippen molar-refractivity contribution in [3.63, 3.8) is 0 Å². The Balaban J connectivity index is 1.31. The summed E-state index contributed by atoms with van der Waals surface area (Å²) < 4.78 is 9.52. The molecule has 0 radical (unpaired) electrons. The first-order chi connectivity index (χ1) is 15.9. The molecule has 33 heavy (non-hydrogen) atoms. The van der Waals surface area contributed by atoms with Crippen LogP contribution in [0.2, 0.25) is 0 Å². The maximum Gasteiger partial charge on any atom is 0.332 e. The lowest BCUT2D eigenvalue weighted by Crippen LogP contribution is -2.43. The Bertz CT molecular complexity index is 1380. The molecule has 0 fully saturated rings. The number of rotatable bonds is 8. The number of nitrogens with one attached hydrogen (secondary N) is 1. The Kier molecular flexibility index (Phi) is 6.39. The van der Waals surface area contributed by atoms with Gasteiger partial charge in [0.1, 0.15) is 18.9 Å². The number of aromatic nitrogens is 4. The van der Waals surface area contributed by atoms with Gasteiger partial charge in [-0.1, -0.05) is 42.5 Å². The van der Waals surface area contributed by atoms with Gasteiger partial charge < -0.3 is 14.6 Å². The molecule has 2 aromatic carbocycles. The van der Waals surface area contributed by atoms with Crippen molar-refractivity contribution in [3.8, 4) is 5.75 Å². The first-order valence-corrected chi connectivity index (χ1v) is 10.6. The van der Waals surface area contributed by atoms with Crippen LogP contribution in [0.3, 0.4) is 0 Å². The highest BCUT2D eigenvalue weighted by Crippen LogP contribution is 2.14. The number of benzene rings is 2. The number of carbonyl (C=O) groups is 1. The van der Waals surface area contributed by atoms with E-state index in [4.69, 9.17) is 4.74 Å². The van der Waals surface area contributed by atoms with Gasteiger partial charge in [-0.15, -0.1) is 0 Å². The van der Waals surface area contributed by atoms with Gasteiger partial charge >= 0.3 is 5.69 Å². The third-order valence-electron chi connectivity index (χ3n) is 5.41. The third kappa shape index (κ3) is 4.87. The molecule has 0 bridgehead atoms. The van der Waals surface area contributed by atoms with Crippen LogP contribution < -0.4 is 21.3 Å². The molecule has 4 aromatic rings. The maximum absolute atomic E-state index is 12.7. The summed E-state index contributed by atoms with van der Waals surface area (Å²) in [5.41, 5.74) is 1.59. The molecule has 0 saturated carbocycles. The Morgan fingerprint density at radius 2 is 1.73 bits per heavy atom. The Morgan fingerprint density at radius 1 is 1.00 bits per heavy atom. The van der Waals surface area contributed by atoms with Crippen molar-refractivity contribution in [2.45, 2.75) is 19.6 Å². The van der Waals surface area contributed by atoms with Crippen molar-refractivity contribution in [2.24, 2.45) is 14.1 Å². The molecule has 0 spiro atoms. The topological polar surface area (TPSA) is 100 Å². The van der Waals surface area contributed by atoms with E-state index in [2.05, 4.69) is 10.3 Å². The molecular weight excluding hydrogens is 422 g/mol. The third-order valence-corrected chi connectivity index (χ3v) is 5.41. The smallest absolute Gasteiger partial charge is 0.332 e. The molecular formula is C24H25N5O4. The number of imidazole rings is 1. The fourth-order valence-corrected chi connectivity index (χ4v) is 3.57. The van der Waals surface area contributed by atoms with Crippen LogP contribution in [0.5, 0.6) is 5.75 Å². The standard InChI is InChI=1S/C24H25N5O4/c1-27-16-26-22-21(27)23(31)29(24(32)28(22)2)14-20(30)25-13-12-17-8-10-19(11-9-17)33-15-18-6-4-3-5-7-18/h3-11,16H,12-15H2,1-2H3,(H,25,30). The molecule has 4 rings (SSSR count). The number of amides is 1. The number of fused-ring (bicyclic) bond motifs is 1. The van der Waals surface area contributed by atoms with Gasteiger partial charge in [-0.3, -0.25) is 14.2 Å². The predicted molar refractivity (Wildman–Crippen MR) is 124 cm³/mol. The SMILES string of the molecule is Cn1cnc2c1c(=O)n(CC(=O)NCCc1ccc(OCc3ccccc3)cc1)c(=O)n2C. The van der Waals surface area contributed by atoms with Crippen LogP contribution in [0.4, 0.5) is 0 Å². The van der Waals surface area contributed by atoms with Crippen LogP contribution in [-0.4, -0.2) is 31.1 Å². The van der Waals surface area contributed by atoms with Gasteiger partial charge in [0.2, 0.25) is 5.91 Å². The number of hydrogen-bond donors (Lipinski definition) is 1. The van der Waals surface area contributed by atoms with E-state index in [0.717, 1.165) is 21.4 Å². The van der Waals surface area contributed by atoms with Gasteiger partial charge in [0, 0.05) is 20.6 Å². The van der Waals surface area contributed by atoms with E-state index in [1.165, 1.54) is 17.9 Å². The number of carbonyl (C=O) groups excluding carboxylic acids is 1. The number of hydrogen-bond acceptors (Lipinski definition) is 5. The highest BCUT2D eigenvalue weighted by molar-refractivity contribution is 5.76. The first kappa shape index (κ1) is 22.1. The van der Waals surface area contributed by atoms with Crippen LogP contribution in [0, 0.1) is 0 Å². The lowest BCUT2D eigenvalue weighted by molar-refractivity contribution is -0.121. The van der Waals surface area contributed by atoms with Gasteiger partial charge in [0.05, 0.1) is 6.33 Å². The van der Waals surface area contributed by atoms with E-state index in [1.807, 2.05) is 54.6 Å². The molecule has 0 atom stereocenters. The molecule has 0 saturated heterocycles. The normalized spacial score (nSPS) is 11.0. The quantitative estimate of drug-likeness (QED) is 0.440. The highest BCUT2D eigenvalue weighted by Gasteiger charge is 2.16. The van der Waals surface area contributed by atoms with Crippen molar-refractivity contribution in [2.75, 3.05) is 6.54 Å². The maximum atomic E-state index is 12.7. The van der Waals surface area contributed by atoms with Crippen molar-refractivity contribution >= 4 is 17.1 Å². The minimum absolute atomic E-state index is 0.277. The zero-order chi connectivity index (χ0) is 23.4. The summed E-state index contributed by atoms with van der Waals surface area (Å²) in [4.78, 5) is 41.7. The van der Waals surface area contributed by atoms with E-state index in [-0.39, 0.29) is 12.1 Å². The lowest BCUT2D eigenvalue weighted by atomic mass is 10.1. The van der Waals surface area contributed by atoms with Crippen LogP contribution in [0.25, 0.3) is 11.2 Å². The van der Waals surface area contributed by atoms with Gasteiger partial charge in [-0.2, -0.15) is 0 Å². The van der Waals surface area contributed by atoms with Crippen LogP contribution in [0.15, 0.2) is 70.5 Å². The molecule has 0 aliphatic carbocycles. The van der Waals surface area contributed by atoms with Gasteiger partial charge in [0.15, 0.2) is 11.2 Å². The lowest BCUT2D eigenvalue weighted by Gasteiger charge is -2.10. The largest absolute Gasteiger partial charge is 0.489 e. The minimum Gasteiger partial charge on any atom is -0.489 e. The van der Waals surface area contributed by atoms with E-state index in [1.54, 1.807) is 11.6 Å². The highest BCUT2D eigenvalue weighted by atomic mass is 16.5. The predicted octanol–water partition coefficient (Wildman–Crippen LogP) is 1.37. The minimum atomic E-state index is -0.576. The average Bonchev–Trinajstić information content (AvgIpc) is 3.22. The number of aryl methyl sites for hydroxylation is 2. The monoisotopic (exact) mass is 447 g/mol.